The van der Waals surface area contributed by atoms with Crippen LogP contribution in [0.2, 0.25) is 0 Å². The molecule has 9 heteroatoms. The van der Waals surface area contributed by atoms with E-state index in [1.165, 1.54) is 0 Å². The summed E-state index contributed by atoms with van der Waals surface area (Å²) in [6.07, 6.45) is 3.76. The average Bonchev–Trinajstić information content (AvgIpc) is 3.09. The number of carbonyl (C=O) groups is 1. The van der Waals surface area contributed by atoms with Crippen molar-refractivity contribution in [1.29, 1.82) is 0 Å². The van der Waals surface area contributed by atoms with Gasteiger partial charge in [-0.1, -0.05) is 26.8 Å². The normalized spacial score (nSPS) is 11.5. The fraction of sp³-hybridized carbons (Fsp3) is 0.474. The number of rotatable bonds is 6. The number of nitrogens with one attached hydrogen (secondary N) is 3. The Balaban J connectivity index is 0.00000392. The van der Waals surface area contributed by atoms with Crippen molar-refractivity contribution < 1.29 is 9.21 Å². The smallest absolute Gasteiger partial charge is 0.227 e. The SMILES string of the molecule is CN=C(NCCC(=O)Nc1ccc(C)cn1)NCc1ncc(C(C)(C)C)o1.I. The van der Waals surface area contributed by atoms with Gasteiger partial charge in [0.05, 0.1) is 12.7 Å². The molecule has 2 heterocycles. The fourth-order valence-corrected chi connectivity index (χ4v) is 2.16. The number of anilines is 1. The highest BCUT2D eigenvalue weighted by atomic mass is 127. The van der Waals surface area contributed by atoms with E-state index in [1.807, 2.05) is 13.0 Å². The third-order valence-electron chi connectivity index (χ3n) is 3.75. The van der Waals surface area contributed by atoms with Gasteiger partial charge in [-0.3, -0.25) is 9.79 Å². The summed E-state index contributed by atoms with van der Waals surface area (Å²) in [5, 5.41) is 8.97. The number of oxazole rings is 1. The van der Waals surface area contributed by atoms with Gasteiger partial charge in [-0.25, -0.2) is 9.97 Å². The average molecular weight is 500 g/mol. The zero-order chi connectivity index (χ0) is 19.9. The van der Waals surface area contributed by atoms with Gasteiger partial charge >= 0.3 is 0 Å². The molecule has 0 saturated carbocycles. The predicted octanol–water partition coefficient (Wildman–Crippen LogP) is 2.99. The number of carbonyl (C=O) groups excluding carboxylic acids is 1. The number of pyridine rings is 1. The summed E-state index contributed by atoms with van der Waals surface area (Å²) in [5.41, 5.74) is 0.968. The molecule has 0 radical (unpaired) electrons. The zero-order valence-corrected chi connectivity index (χ0v) is 19.3. The van der Waals surface area contributed by atoms with Crippen LogP contribution in [0.3, 0.4) is 0 Å². The summed E-state index contributed by atoms with van der Waals surface area (Å²) in [5.74, 6) is 2.44. The third-order valence-corrected chi connectivity index (χ3v) is 3.75. The summed E-state index contributed by atoms with van der Waals surface area (Å²) in [4.78, 5) is 24.5. The van der Waals surface area contributed by atoms with Crippen LogP contribution in [0, 0.1) is 6.92 Å². The van der Waals surface area contributed by atoms with E-state index in [0.29, 0.717) is 37.2 Å². The Kier molecular flexibility index (Phi) is 9.36. The van der Waals surface area contributed by atoms with E-state index in [9.17, 15) is 4.79 Å². The van der Waals surface area contributed by atoms with Gasteiger partial charge in [-0.05, 0) is 18.6 Å². The highest BCUT2D eigenvalue weighted by Crippen LogP contribution is 2.22. The molecule has 2 rings (SSSR count). The van der Waals surface area contributed by atoms with E-state index >= 15 is 0 Å². The van der Waals surface area contributed by atoms with Crippen molar-refractivity contribution in [1.82, 2.24) is 20.6 Å². The number of hydrogen-bond acceptors (Lipinski definition) is 5. The Labute approximate surface area is 183 Å². The molecule has 28 heavy (non-hydrogen) atoms. The van der Waals surface area contributed by atoms with Crippen LogP contribution in [0.25, 0.3) is 0 Å². The Morgan fingerprint density at radius 3 is 2.50 bits per heavy atom. The first-order chi connectivity index (χ1) is 12.8. The molecule has 0 aromatic carbocycles. The van der Waals surface area contributed by atoms with E-state index in [-0.39, 0.29) is 35.3 Å². The second kappa shape index (κ2) is 11.0. The topological polar surface area (TPSA) is 104 Å². The van der Waals surface area contributed by atoms with Crippen LogP contribution in [-0.2, 0) is 16.8 Å². The molecule has 2 aromatic rings. The second-order valence-electron chi connectivity index (χ2n) is 7.24. The molecule has 0 fully saturated rings. The number of hydrogen-bond donors (Lipinski definition) is 3. The largest absolute Gasteiger partial charge is 0.443 e. The zero-order valence-electron chi connectivity index (χ0n) is 17.0. The molecule has 0 aliphatic heterocycles. The summed E-state index contributed by atoms with van der Waals surface area (Å²) in [6, 6.07) is 3.68. The second-order valence-corrected chi connectivity index (χ2v) is 7.24. The molecule has 0 atom stereocenters. The van der Waals surface area contributed by atoms with Crippen molar-refractivity contribution >= 4 is 41.7 Å². The highest BCUT2D eigenvalue weighted by molar-refractivity contribution is 14.0. The van der Waals surface area contributed by atoms with Gasteiger partial charge in [0.2, 0.25) is 11.8 Å². The molecule has 0 unspecified atom stereocenters. The Morgan fingerprint density at radius 1 is 1.18 bits per heavy atom. The minimum absolute atomic E-state index is 0. The molecule has 0 spiro atoms. The van der Waals surface area contributed by atoms with Gasteiger partial charge in [0, 0.05) is 31.6 Å². The number of aliphatic imine (C=N–C) groups is 1. The minimum Gasteiger partial charge on any atom is -0.443 e. The maximum Gasteiger partial charge on any atom is 0.227 e. The number of guanidine groups is 1. The summed E-state index contributed by atoms with van der Waals surface area (Å²) >= 11 is 0. The third kappa shape index (κ3) is 7.83. The molecular weight excluding hydrogens is 471 g/mol. The summed E-state index contributed by atoms with van der Waals surface area (Å²) in [6.45, 7) is 9.02. The van der Waals surface area contributed by atoms with E-state index in [4.69, 9.17) is 4.42 Å². The van der Waals surface area contributed by atoms with Gasteiger partial charge in [-0.15, -0.1) is 24.0 Å². The molecule has 8 nitrogen and oxygen atoms in total. The summed E-state index contributed by atoms with van der Waals surface area (Å²) < 4.78 is 5.73. The van der Waals surface area contributed by atoms with Crippen molar-refractivity contribution in [3.8, 4) is 0 Å². The van der Waals surface area contributed by atoms with Crippen molar-refractivity contribution in [2.75, 3.05) is 18.9 Å². The van der Waals surface area contributed by atoms with Crippen LogP contribution < -0.4 is 16.0 Å². The predicted molar refractivity (Wildman–Crippen MR) is 121 cm³/mol. The molecule has 2 aromatic heterocycles. The molecule has 0 saturated heterocycles. The van der Waals surface area contributed by atoms with Crippen molar-refractivity contribution in [3.63, 3.8) is 0 Å². The number of aromatic nitrogens is 2. The first kappa shape index (κ1) is 23.9. The lowest BCUT2D eigenvalue weighted by atomic mass is 9.94. The quantitative estimate of drug-likeness (QED) is 0.320. The Morgan fingerprint density at radius 2 is 1.93 bits per heavy atom. The van der Waals surface area contributed by atoms with Crippen LogP contribution in [0.5, 0.6) is 0 Å². The van der Waals surface area contributed by atoms with Crippen LogP contribution in [0.15, 0.2) is 33.9 Å². The number of aryl methyl sites for hydroxylation is 1. The van der Waals surface area contributed by atoms with Crippen LogP contribution in [0.1, 0.15) is 44.4 Å². The van der Waals surface area contributed by atoms with Gasteiger partial charge in [0.15, 0.2) is 5.96 Å². The van der Waals surface area contributed by atoms with Crippen molar-refractivity contribution in [2.24, 2.45) is 4.99 Å². The standard InChI is InChI=1S/C19H28N6O2.HI/c1-13-6-7-15(22-10-13)25-16(26)8-9-21-18(20-5)24-12-17-23-11-14(27-17)19(2,3)4;/h6-7,10-11H,8-9,12H2,1-5H3,(H2,20,21,24)(H,22,25,26);1H. The highest BCUT2D eigenvalue weighted by Gasteiger charge is 2.19. The monoisotopic (exact) mass is 500 g/mol. The molecule has 154 valence electrons. The molecule has 0 bridgehead atoms. The van der Waals surface area contributed by atoms with Crippen LogP contribution in [-0.4, -0.2) is 35.4 Å². The van der Waals surface area contributed by atoms with Crippen LogP contribution in [0.4, 0.5) is 5.82 Å². The molecule has 3 N–H and O–H groups in total. The maximum atomic E-state index is 12.0. The van der Waals surface area contributed by atoms with E-state index in [2.05, 4.69) is 51.7 Å². The Bertz CT molecular complexity index is 780. The summed E-state index contributed by atoms with van der Waals surface area (Å²) in [7, 11) is 1.67. The van der Waals surface area contributed by atoms with E-state index < -0.39 is 0 Å². The van der Waals surface area contributed by atoms with Gasteiger partial charge in [0.1, 0.15) is 11.6 Å². The number of amides is 1. The van der Waals surface area contributed by atoms with Gasteiger partial charge in [0.25, 0.3) is 0 Å². The molecule has 0 aliphatic carbocycles. The van der Waals surface area contributed by atoms with Gasteiger partial charge < -0.3 is 20.4 Å². The maximum absolute atomic E-state index is 12.0. The van der Waals surface area contributed by atoms with Gasteiger partial charge in [-0.2, -0.15) is 0 Å². The lowest BCUT2D eigenvalue weighted by Gasteiger charge is -2.13. The first-order valence-electron chi connectivity index (χ1n) is 8.90. The van der Waals surface area contributed by atoms with Crippen LogP contribution >= 0.6 is 24.0 Å². The lowest BCUT2D eigenvalue weighted by molar-refractivity contribution is -0.116. The molecule has 1 amide bonds. The van der Waals surface area contributed by atoms with E-state index in [0.717, 1.165) is 11.3 Å². The lowest BCUT2D eigenvalue weighted by Crippen LogP contribution is -2.38. The number of halogens is 1. The van der Waals surface area contributed by atoms with Crippen molar-refractivity contribution in [3.05, 3.63) is 41.7 Å². The fourth-order valence-electron chi connectivity index (χ4n) is 2.16. The number of nitrogens with zero attached hydrogens (tertiary/aromatic N) is 3. The minimum atomic E-state index is -0.114. The Hall–Kier alpha value is -2.17. The van der Waals surface area contributed by atoms with Crippen molar-refractivity contribution in [2.45, 2.75) is 46.1 Å². The first-order valence-corrected chi connectivity index (χ1v) is 8.90. The van der Waals surface area contributed by atoms with E-state index in [1.54, 1.807) is 25.5 Å². The molecule has 0 aliphatic rings. The molecular formula is C19H29IN6O2.